The summed E-state index contributed by atoms with van der Waals surface area (Å²) >= 11 is 12.4. The summed E-state index contributed by atoms with van der Waals surface area (Å²) in [4.78, 5) is 15.6. The number of Topliss-reactive ketones (excluding diaryl/α,β-unsaturated/α-hetero) is 1. The number of fused-ring (bicyclic) bond motifs is 3. The molecular weight excluding hydrogens is 517 g/mol. The molecular formula is C32H25Cl2NO3. The van der Waals surface area contributed by atoms with Crippen LogP contribution < -0.4 is 9.47 Å². The summed E-state index contributed by atoms with van der Waals surface area (Å²) in [5.74, 6) is 1.60. The fourth-order valence-electron chi connectivity index (χ4n) is 4.98. The predicted molar refractivity (Wildman–Crippen MR) is 152 cm³/mol. The van der Waals surface area contributed by atoms with Crippen molar-refractivity contribution in [1.82, 2.24) is 4.90 Å². The van der Waals surface area contributed by atoms with Crippen LogP contribution in [0.3, 0.4) is 0 Å². The monoisotopic (exact) mass is 541 g/mol. The molecule has 4 aromatic rings. The van der Waals surface area contributed by atoms with Crippen LogP contribution in [0, 0.1) is 6.92 Å². The quantitative estimate of drug-likeness (QED) is 0.240. The molecule has 0 saturated heterocycles. The van der Waals surface area contributed by atoms with Crippen LogP contribution in [0.25, 0.3) is 17.2 Å². The van der Waals surface area contributed by atoms with Crippen molar-refractivity contribution in [2.45, 2.75) is 19.9 Å². The largest absolute Gasteiger partial charge is 0.478 e. The van der Waals surface area contributed by atoms with E-state index in [-0.39, 0.29) is 5.78 Å². The predicted octanol–water partition coefficient (Wildman–Crippen LogP) is 7.98. The van der Waals surface area contributed by atoms with E-state index >= 15 is 0 Å². The molecule has 2 aliphatic rings. The summed E-state index contributed by atoms with van der Waals surface area (Å²) in [6, 6.07) is 25.8. The molecule has 0 saturated carbocycles. The molecule has 0 fully saturated rings. The Hall–Kier alpha value is -3.57. The third-order valence-corrected chi connectivity index (χ3v) is 7.60. The molecule has 6 rings (SSSR count). The molecule has 0 unspecified atom stereocenters. The van der Waals surface area contributed by atoms with Gasteiger partial charge in [0.25, 0.3) is 0 Å². The van der Waals surface area contributed by atoms with Gasteiger partial charge in [0.1, 0.15) is 18.2 Å². The minimum Gasteiger partial charge on any atom is -0.478 e. The van der Waals surface area contributed by atoms with Gasteiger partial charge in [-0.3, -0.25) is 9.69 Å². The smallest absolute Gasteiger partial charge is 0.232 e. The number of carbonyl (C=O) groups is 1. The van der Waals surface area contributed by atoms with E-state index in [9.17, 15) is 4.79 Å². The van der Waals surface area contributed by atoms with Crippen LogP contribution in [0.5, 0.6) is 11.5 Å². The minimum absolute atomic E-state index is 0.0995. The SMILES string of the molecule is Cc1cc2c(c3c1C(=O)/C(=C\c1ccc(-c4ccccc4)cc1)O3)CN(CCc1ccc(Cl)cc1Cl)CO2. The number of benzene rings is 4. The van der Waals surface area contributed by atoms with Gasteiger partial charge < -0.3 is 9.47 Å². The average molecular weight is 542 g/mol. The highest BCUT2D eigenvalue weighted by molar-refractivity contribution is 6.35. The van der Waals surface area contributed by atoms with Crippen molar-refractivity contribution in [3.63, 3.8) is 0 Å². The summed E-state index contributed by atoms with van der Waals surface area (Å²) < 4.78 is 12.3. The van der Waals surface area contributed by atoms with Crippen LogP contribution in [0.1, 0.15) is 32.6 Å². The molecule has 190 valence electrons. The Kier molecular flexibility index (Phi) is 6.71. The number of hydrogen-bond acceptors (Lipinski definition) is 4. The summed E-state index contributed by atoms with van der Waals surface area (Å²) in [6.07, 6.45) is 2.57. The molecule has 4 nitrogen and oxygen atoms in total. The second-order valence-corrected chi connectivity index (χ2v) is 10.5. The zero-order valence-corrected chi connectivity index (χ0v) is 22.4. The second-order valence-electron chi connectivity index (χ2n) is 9.61. The molecule has 0 aromatic heterocycles. The van der Waals surface area contributed by atoms with E-state index in [1.54, 1.807) is 6.07 Å². The lowest BCUT2D eigenvalue weighted by molar-refractivity contribution is 0.0949. The van der Waals surface area contributed by atoms with Gasteiger partial charge in [-0.2, -0.15) is 0 Å². The lowest BCUT2D eigenvalue weighted by Gasteiger charge is -2.30. The van der Waals surface area contributed by atoms with Crippen molar-refractivity contribution in [3.05, 3.63) is 122 Å². The Bertz CT molecular complexity index is 1560. The Morgan fingerprint density at radius 2 is 1.71 bits per heavy atom. The average Bonchev–Trinajstić information content (AvgIpc) is 3.26. The number of rotatable bonds is 5. The Balaban J connectivity index is 1.22. The Morgan fingerprint density at radius 1 is 0.947 bits per heavy atom. The van der Waals surface area contributed by atoms with Crippen molar-refractivity contribution >= 4 is 35.1 Å². The molecule has 0 spiro atoms. The summed E-state index contributed by atoms with van der Waals surface area (Å²) in [5.41, 5.74) is 6.58. The van der Waals surface area contributed by atoms with E-state index in [0.717, 1.165) is 52.1 Å². The van der Waals surface area contributed by atoms with Crippen molar-refractivity contribution < 1.29 is 14.3 Å². The first-order valence-corrected chi connectivity index (χ1v) is 13.3. The van der Waals surface area contributed by atoms with Crippen LogP contribution in [-0.2, 0) is 13.0 Å². The minimum atomic E-state index is -0.0995. The van der Waals surface area contributed by atoms with Crippen LogP contribution in [0.4, 0.5) is 0 Å². The standard InChI is InChI=1S/C32H25Cl2NO3/c1-20-15-28-26(18-35(19-37-28)14-13-24-11-12-25(33)17-27(24)34)32-30(20)31(36)29(38-32)16-21-7-9-23(10-8-21)22-5-3-2-4-6-22/h2-12,15-17H,13-14,18-19H2,1H3/b29-16+. The van der Waals surface area contributed by atoms with E-state index in [2.05, 4.69) is 29.2 Å². The number of ketones is 1. The first-order chi connectivity index (χ1) is 18.5. The highest BCUT2D eigenvalue weighted by atomic mass is 35.5. The highest BCUT2D eigenvalue weighted by Gasteiger charge is 2.35. The second kappa shape index (κ2) is 10.3. The van der Waals surface area contributed by atoms with E-state index in [1.807, 2.05) is 61.5 Å². The van der Waals surface area contributed by atoms with Gasteiger partial charge in [0.05, 0.1) is 11.1 Å². The van der Waals surface area contributed by atoms with Crippen LogP contribution in [0.2, 0.25) is 10.0 Å². The van der Waals surface area contributed by atoms with Gasteiger partial charge in [-0.1, -0.05) is 83.9 Å². The van der Waals surface area contributed by atoms with Crippen molar-refractivity contribution in [1.29, 1.82) is 0 Å². The number of hydrogen-bond donors (Lipinski definition) is 0. The number of aryl methyl sites for hydroxylation is 1. The van der Waals surface area contributed by atoms with Gasteiger partial charge in [0.2, 0.25) is 5.78 Å². The third kappa shape index (κ3) is 4.83. The van der Waals surface area contributed by atoms with Gasteiger partial charge in [0, 0.05) is 23.1 Å². The van der Waals surface area contributed by atoms with E-state index < -0.39 is 0 Å². The zero-order valence-electron chi connectivity index (χ0n) is 20.8. The summed E-state index contributed by atoms with van der Waals surface area (Å²) in [6.45, 7) is 3.75. The third-order valence-electron chi connectivity index (χ3n) is 7.02. The molecule has 0 radical (unpaired) electrons. The lowest BCUT2D eigenvalue weighted by atomic mass is 9.98. The molecule has 2 aliphatic heterocycles. The van der Waals surface area contributed by atoms with Crippen molar-refractivity contribution in [3.8, 4) is 22.6 Å². The molecule has 0 atom stereocenters. The van der Waals surface area contributed by atoms with Crippen LogP contribution >= 0.6 is 23.2 Å². The topological polar surface area (TPSA) is 38.8 Å². The van der Waals surface area contributed by atoms with Crippen LogP contribution in [-0.4, -0.2) is 24.0 Å². The Labute approximate surface area is 232 Å². The maximum absolute atomic E-state index is 13.4. The molecule has 0 aliphatic carbocycles. The Morgan fingerprint density at radius 3 is 2.47 bits per heavy atom. The van der Waals surface area contributed by atoms with Gasteiger partial charge in [-0.05, 0) is 65.4 Å². The van der Waals surface area contributed by atoms with E-state index in [4.69, 9.17) is 32.7 Å². The zero-order chi connectivity index (χ0) is 26.2. The number of halogens is 2. The molecule has 4 aromatic carbocycles. The summed E-state index contributed by atoms with van der Waals surface area (Å²) in [7, 11) is 0. The number of ether oxygens (including phenoxy) is 2. The fraction of sp³-hybridized carbons (Fsp3) is 0.156. The summed E-state index contributed by atoms with van der Waals surface area (Å²) in [5, 5.41) is 1.28. The normalized spacial score (nSPS) is 15.7. The van der Waals surface area contributed by atoms with Gasteiger partial charge in [-0.25, -0.2) is 0 Å². The number of allylic oxidation sites excluding steroid dienone is 1. The molecule has 0 bridgehead atoms. The molecule has 38 heavy (non-hydrogen) atoms. The van der Waals surface area contributed by atoms with E-state index in [1.165, 1.54) is 0 Å². The first-order valence-electron chi connectivity index (χ1n) is 12.5. The number of nitrogens with zero attached hydrogens (tertiary/aromatic N) is 1. The van der Waals surface area contributed by atoms with Crippen molar-refractivity contribution in [2.75, 3.05) is 13.3 Å². The molecule has 0 N–H and O–H groups in total. The van der Waals surface area contributed by atoms with Crippen molar-refractivity contribution in [2.24, 2.45) is 0 Å². The lowest BCUT2D eigenvalue weighted by Crippen LogP contribution is -2.34. The molecule has 6 heteroatoms. The van der Waals surface area contributed by atoms with Gasteiger partial charge >= 0.3 is 0 Å². The highest BCUT2D eigenvalue weighted by Crippen LogP contribution is 2.44. The van der Waals surface area contributed by atoms with Crippen LogP contribution in [0.15, 0.2) is 84.6 Å². The van der Waals surface area contributed by atoms with Gasteiger partial charge in [0.15, 0.2) is 5.76 Å². The molecule has 0 amide bonds. The van der Waals surface area contributed by atoms with E-state index in [0.29, 0.717) is 40.4 Å². The molecule has 2 heterocycles. The maximum Gasteiger partial charge on any atom is 0.232 e. The first kappa shape index (κ1) is 24.7. The fourth-order valence-corrected chi connectivity index (χ4v) is 5.48. The number of carbonyl (C=O) groups excluding carboxylic acids is 1. The van der Waals surface area contributed by atoms with Gasteiger partial charge in [-0.15, -0.1) is 0 Å². The maximum atomic E-state index is 13.4.